The predicted molar refractivity (Wildman–Crippen MR) is 90.3 cm³/mol. The highest BCUT2D eigenvalue weighted by Gasteiger charge is 2.27. The number of carbonyl (C=O) groups is 1. The van der Waals surface area contributed by atoms with Gasteiger partial charge in [-0.15, -0.1) is 10.2 Å². The summed E-state index contributed by atoms with van der Waals surface area (Å²) in [7, 11) is 2.36. The molecule has 2 amide bonds. The maximum absolute atomic E-state index is 12.6. The summed E-state index contributed by atoms with van der Waals surface area (Å²) in [6.45, 7) is 0.164. The fourth-order valence-electron chi connectivity index (χ4n) is 1.79. The van der Waals surface area contributed by atoms with Crippen LogP contribution in [-0.2, 0) is 16.6 Å². The number of hydrogen-bond acceptors (Lipinski definition) is 7. The summed E-state index contributed by atoms with van der Waals surface area (Å²) in [6, 6.07) is 3.20. The molecule has 0 aliphatic carbocycles. The van der Waals surface area contributed by atoms with Crippen LogP contribution in [0.25, 0.3) is 0 Å². The van der Waals surface area contributed by atoms with Gasteiger partial charge in [0.2, 0.25) is 9.47 Å². The number of rotatable bonds is 5. The summed E-state index contributed by atoms with van der Waals surface area (Å²) in [6.07, 6.45) is 3.22. The molecule has 0 atom stereocenters. The average molecular weight is 370 g/mol. The Morgan fingerprint density at radius 2 is 1.92 bits per heavy atom. The Balaban J connectivity index is 2.20. The van der Waals surface area contributed by atoms with E-state index in [0.717, 1.165) is 16.9 Å². The zero-order chi connectivity index (χ0) is 17.9. The molecule has 0 saturated heterocycles. The highest BCUT2D eigenvalue weighted by atomic mass is 32.2. The van der Waals surface area contributed by atoms with Crippen LogP contribution in [0.15, 0.2) is 28.9 Å². The number of carbonyl (C=O) groups excluding carboxylic acids is 1. The molecule has 2 aromatic rings. The van der Waals surface area contributed by atoms with Crippen molar-refractivity contribution in [3.05, 3.63) is 30.1 Å². The first-order valence-electron chi connectivity index (χ1n) is 6.87. The number of amides is 2. The Kier molecular flexibility index (Phi) is 5.47. The molecule has 24 heavy (non-hydrogen) atoms. The van der Waals surface area contributed by atoms with Gasteiger partial charge in [-0.25, -0.2) is 13.2 Å². The Morgan fingerprint density at radius 3 is 2.50 bits per heavy atom. The topological polar surface area (TPSA) is 99.6 Å². The minimum absolute atomic E-state index is 0.164. The summed E-state index contributed by atoms with van der Waals surface area (Å²) in [5.41, 5.74) is 0.758. The normalized spacial score (nSPS) is 11.5. The minimum atomic E-state index is -3.80. The van der Waals surface area contributed by atoms with Gasteiger partial charge in [-0.1, -0.05) is 17.4 Å². The first-order valence-corrected chi connectivity index (χ1v) is 9.13. The minimum Gasteiger partial charge on any atom is -0.330 e. The third-order valence-corrected chi connectivity index (χ3v) is 6.26. The van der Waals surface area contributed by atoms with Crippen LogP contribution in [0.3, 0.4) is 0 Å². The van der Waals surface area contributed by atoms with E-state index in [2.05, 4.69) is 15.2 Å². The second-order valence-electron chi connectivity index (χ2n) is 5.21. The largest absolute Gasteiger partial charge is 0.330 e. The quantitative estimate of drug-likeness (QED) is 0.724. The van der Waals surface area contributed by atoms with E-state index < -0.39 is 10.0 Å². The van der Waals surface area contributed by atoms with E-state index in [0.29, 0.717) is 0 Å². The van der Waals surface area contributed by atoms with Gasteiger partial charge in [0.15, 0.2) is 0 Å². The summed E-state index contributed by atoms with van der Waals surface area (Å²) < 4.78 is 26.2. The van der Waals surface area contributed by atoms with Gasteiger partial charge in [0, 0.05) is 47.1 Å². The first kappa shape index (κ1) is 18.2. The van der Waals surface area contributed by atoms with Crippen LogP contribution in [0.2, 0.25) is 0 Å². The molecule has 0 aliphatic rings. The lowest BCUT2D eigenvalue weighted by atomic mass is 10.3. The van der Waals surface area contributed by atoms with Crippen LogP contribution in [0.4, 0.5) is 9.93 Å². The predicted octanol–water partition coefficient (Wildman–Crippen LogP) is 0.872. The van der Waals surface area contributed by atoms with Gasteiger partial charge in [0.1, 0.15) is 0 Å². The molecular formula is C13H18N6O3S2. The Labute approximate surface area is 144 Å². The van der Waals surface area contributed by atoms with E-state index >= 15 is 0 Å². The van der Waals surface area contributed by atoms with Crippen molar-refractivity contribution in [1.29, 1.82) is 0 Å². The van der Waals surface area contributed by atoms with Crippen LogP contribution in [-0.4, -0.2) is 67.0 Å². The van der Waals surface area contributed by atoms with Gasteiger partial charge in [-0.2, -0.15) is 4.31 Å². The second-order valence-corrected chi connectivity index (χ2v) is 8.38. The maximum Gasteiger partial charge on any atom is 0.325 e. The highest BCUT2D eigenvalue weighted by Crippen LogP contribution is 2.26. The molecule has 0 aromatic carbocycles. The number of nitrogens with zero attached hydrogens (tertiary/aromatic N) is 6. The Hall–Kier alpha value is -2.11. The molecule has 0 aliphatic heterocycles. The number of pyridine rings is 1. The molecule has 0 unspecified atom stereocenters. The SMILES string of the molecule is CN(C)C(=O)N(C)c1nnc(S(=O)(=O)N(C)Cc2cccnc2)s1. The van der Waals surface area contributed by atoms with Crippen molar-refractivity contribution in [2.75, 3.05) is 33.1 Å². The molecule has 11 heteroatoms. The summed E-state index contributed by atoms with van der Waals surface area (Å²) in [4.78, 5) is 18.5. The smallest absolute Gasteiger partial charge is 0.325 e. The molecule has 0 radical (unpaired) electrons. The van der Waals surface area contributed by atoms with Gasteiger partial charge >= 0.3 is 6.03 Å². The van der Waals surface area contributed by atoms with Crippen LogP contribution in [0, 0.1) is 0 Å². The molecule has 0 N–H and O–H groups in total. The van der Waals surface area contributed by atoms with Gasteiger partial charge in [0.05, 0.1) is 0 Å². The van der Waals surface area contributed by atoms with E-state index in [1.807, 2.05) is 0 Å². The Bertz CT molecular complexity index is 806. The number of aromatic nitrogens is 3. The molecule has 2 heterocycles. The van der Waals surface area contributed by atoms with Crippen LogP contribution in [0.5, 0.6) is 0 Å². The van der Waals surface area contributed by atoms with Crippen molar-refractivity contribution in [3.8, 4) is 0 Å². The first-order chi connectivity index (χ1) is 11.2. The standard InChI is InChI=1S/C13H18N6O3S2/c1-17(2)13(20)19(4)11-15-16-12(23-11)24(21,22)18(3)9-10-6-5-7-14-8-10/h5-8H,9H2,1-4H3. The van der Waals surface area contributed by atoms with Crippen LogP contribution in [0.1, 0.15) is 5.56 Å². The van der Waals surface area contributed by atoms with Gasteiger partial charge in [0.25, 0.3) is 10.0 Å². The molecule has 130 valence electrons. The number of anilines is 1. The molecule has 0 fully saturated rings. The lowest BCUT2D eigenvalue weighted by molar-refractivity contribution is 0.225. The fraction of sp³-hybridized carbons (Fsp3) is 0.385. The number of hydrogen-bond donors (Lipinski definition) is 0. The molecule has 2 rings (SSSR count). The van der Waals surface area contributed by atoms with Crippen molar-refractivity contribution in [3.63, 3.8) is 0 Å². The van der Waals surface area contributed by atoms with Crippen molar-refractivity contribution < 1.29 is 13.2 Å². The maximum atomic E-state index is 12.6. The van der Waals surface area contributed by atoms with Crippen molar-refractivity contribution in [1.82, 2.24) is 24.4 Å². The van der Waals surface area contributed by atoms with Crippen LogP contribution < -0.4 is 4.90 Å². The molecule has 9 nitrogen and oxygen atoms in total. The van der Waals surface area contributed by atoms with Crippen LogP contribution >= 0.6 is 11.3 Å². The van der Waals surface area contributed by atoms with E-state index in [-0.39, 0.29) is 22.0 Å². The third kappa shape index (κ3) is 3.86. The molecular weight excluding hydrogens is 352 g/mol. The zero-order valence-corrected chi connectivity index (χ0v) is 15.4. The number of urea groups is 1. The second kappa shape index (κ2) is 7.20. The van der Waals surface area contributed by atoms with Gasteiger partial charge < -0.3 is 4.90 Å². The lowest BCUT2D eigenvalue weighted by Crippen LogP contribution is -2.36. The molecule has 0 saturated carbocycles. The summed E-state index contributed by atoms with van der Waals surface area (Å²) >= 11 is 0.844. The van der Waals surface area contributed by atoms with E-state index in [1.54, 1.807) is 38.6 Å². The molecule has 0 bridgehead atoms. The molecule has 2 aromatic heterocycles. The third-order valence-electron chi connectivity index (χ3n) is 3.11. The summed E-state index contributed by atoms with van der Waals surface area (Å²) in [5.74, 6) is 0. The van der Waals surface area contributed by atoms with Crippen molar-refractivity contribution in [2.45, 2.75) is 10.9 Å². The van der Waals surface area contributed by atoms with Crippen molar-refractivity contribution in [2.24, 2.45) is 0 Å². The Morgan fingerprint density at radius 1 is 1.21 bits per heavy atom. The van der Waals surface area contributed by atoms with Gasteiger partial charge in [-0.3, -0.25) is 9.88 Å². The zero-order valence-electron chi connectivity index (χ0n) is 13.7. The van der Waals surface area contributed by atoms with Gasteiger partial charge in [-0.05, 0) is 11.6 Å². The average Bonchev–Trinajstić information content (AvgIpc) is 3.05. The van der Waals surface area contributed by atoms with E-state index in [9.17, 15) is 13.2 Å². The summed E-state index contributed by atoms with van der Waals surface area (Å²) in [5, 5.41) is 7.74. The highest BCUT2D eigenvalue weighted by molar-refractivity contribution is 7.91. The monoisotopic (exact) mass is 370 g/mol. The molecule has 0 spiro atoms. The fourth-order valence-corrected chi connectivity index (χ4v) is 4.08. The van der Waals surface area contributed by atoms with E-state index in [1.165, 1.54) is 28.2 Å². The van der Waals surface area contributed by atoms with E-state index in [4.69, 9.17) is 0 Å². The van der Waals surface area contributed by atoms with Crippen molar-refractivity contribution >= 4 is 32.5 Å². The lowest BCUT2D eigenvalue weighted by Gasteiger charge is -2.18. The number of sulfonamides is 1.